The van der Waals surface area contributed by atoms with E-state index >= 15 is 0 Å². The van der Waals surface area contributed by atoms with Gasteiger partial charge in [0, 0.05) is 12.2 Å². The van der Waals surface area contributed by atoms with Crippen LogP contribution in [0.15, 0.2) is 12.4 Å². The van der Waals surface area contributed by atoms with Crippen molar-refractivity contribution < 1.29 is 4.79 Å². The molecule has 2 rings (SSSR count). The number of aromatic nitrogens is 2. The van der Waals surface area contributed by atoms with Crippen molar-refractivity contribution in [2.75, 3.05) is 5.73 Å². The molecule has 0 spiro atoms. The maximum absolute atomic E-state index is 11.9. The van der Waals surface area contributed by atoms with E-state index in [0.717, 1.165) is 12.8 Å². The summed E-state index contributed by atoms with van der Waals surface area (Å²) in [5, 5.41) is 7.16. The minimum absolute atomic E-state index is 0.0310. The second kappa shape index (κ2) is 5.89. The molecule has 2 unspecified atom stereocenters. The first-order valence-corrected chi connectivity index (χ1v) is 6.76. The third-order valence-corrected chi connectivity index (χ3v) is 3.74. The molecule has 1 amide bonds. The molecule has 0 aliphatic heterocycles. The number of nitrogen functional groups attached to an aromatic ring is 1. The highest BCUT2D eigenvalue weighted by molar-refractivity contribution is 5.76. The fourth-order valence-electron chi connectivity index (χ4n) is 2.75. The van der Waals surface area contributed by atoms with Gasteiger partial charge in [-0.05, 0) is 18.8 Å². The van der Waals surface area contributed by atoms with E-state index in [9.17, 15) is 4.79 Å². The predicted molar refractivity (Wildman–Crippen MR) is 70.8 cm³/mol. The molecule has 3 N–H and O–H groups in total. The molecule has 1 aliphatic rings. The summed E-state index contributed by atoms with van der Waals surface area (Å²) in [5.74, 6) is 0.661. The number of hydrogen-bond donors (Lipinski definition) is 2. The molecule has 1 aromatic heterocycles. The third kappa shape index (κ3) is 3.24. The first kappa shape index (κ1) is 12.9. The molecule has 1 fully saturated rings. The van der Waals surface area contributed by atoms with Gasteiger partial charge in [-0.2, -0.15) is 5.10 Å². The van der Waals surface area contributed by atoms with Gasteiger partial charge in [-0.1, -0.05) is 26.2 Å². The average Bonchev–Trinajstić information content (AvgIpc) is 2.75. The highest BCUT2D eigenvalue weighted by atomic mass is 16.2. The second-order valence-corrected chi connectivity index (χ2v) is 5.10. The van der Waals surface area contributed by atoms with Gasteiger partial charge in [-0.15, -0.1) is 0 Å². The van der Waals surface area contributed by atoms with Crippen molar-refractivity contribution in [1.29, 1.82) is 0 Å². The van der Waals surface area contributed by atoms with Gasteiger partial charge >= 0.3 is 0 Å². The lowest BCUT2D eigenvalue weighted by atomic mass is 9.83. The summed E-state index contributed by atoms with van der Waals surface area (Å²) in [6, 6.07) is 0.337. The fourth-order valence-corrected chi connectivity index (χ4v) is 2.75. The van der Waals surface area contributed by atoms with Crippen molar-refractivity contribution in [2.45, 2.75) is 51.6 Å². The Hall–Kier alpha value is -1.52. The summed E-state index contributed by atoms with van der Waals surface area (Å²) in [4.78, 5) is 11.9. The standard InChI is InChI=1S/C13H22N4O/c1-2-10-5-3-4-6-12(10)16-13(18)9-17-8-11(14)7-15-17/h7-8,10,12H,2-6,9,14H2,1H3,(H,16,18). The zero-order valence-corrected chi connectivity index (χ0v) is 10.9. The number of hydrogen-bond acceptors (Lipinski definition) is 3. The van der Waals surface area contributed by atoms with Gasteiger partial charge in [-0.25, -0.2) is 0 Å². The lowest BCUT2D eigenvalue weighted by Gasteiger charge is -2.31. The van der Waals surface area contributed by atoms with Crippen molar-refractivity contribution >= 4 is 11.6 Å². The Labute approximate surface area is 108 Å². The molecule has 5 nitrogen and oxygen atoms in total. The number of carbonyl (C=O) groups is 1. The molecule has 18 heavy (non-hydrogen) atoms. The summed E-state index contributed by atoms with van der Waals surface area (Å²) < 4.78 is 1.58. The number of amides is 1. The van der Waals surface area contributed by atoms with Crippen LogP contribution in [0.2, 0.25) is 0 Å². The van der Waals surface area contributed by atoms with Crippen LogP contribution in [0.25, 0.3) is 0 Å². The van der Waals surface area contributed by atoms with E-state index in [2.05, 4.69) is 17.3 Å². The minimum Gasteiger partial charge on any atom is -0.396 e. The monoisotopic (exact) mass is 250 g/mol. The van der Waals surface area contributed by atoms with Crippen LogP contribution in [0.4, 0.5) is 5.69 Å². The second-order valence-electron chi connectivity index (χ2n) is 5.10. The number of nitrogens with zero attached hydrogens (tertiary/aromatic N) is 2. The van der Waals surface area contributed by atoms with Crippen molar-refractivity contribution in [2.24, 2.45) is 5.92 Å². The molecule has 0 aromatic carbocycles. The van der Waals surface area contributed by atoms with Gasteiger partial charge in [0.2, 0.25) is 5.91 Å². The molecule has 1 heterocycles. The highest BCUT2D eigenvalue weighted by Crippen LogP contribution is 2.26. The number of rotatable bonds is 4. The van der Waals surface area contributed by atoms with Crippen LogP contribution in [-0.4, -0.2) is 21.7 Å². The first-order chi connectivity index (χ1) is 8.69. The topological polar surface area (TPSA) is 72.9 Å². The molecule has 0 bridgehead atoms. The van der Waals surface area contributed by atoms with Crippen molar-refractivity contribution in [3.05, 3.63) is 12.4 Å². The Morgan fingerprint density at radius 1 is 1.56 bits per heavy atom. The van der Waals surface area contributed by atoms with Gasteiger partial charge in [-0.3, -0.25) is 9.48 Å². The van der Waals surface area contributed by atoms with Gasteiger partial charge < -0.3 is 11.1 Å². The molecule has 1 aromatic rings. The van der Waals surface area contributed by atoms with E-state index in [-0.39, 0.29) is 12.5 Å². The molecule has 100 valence electrons. The molecule has 0 radical (unpaired) electrons. The molecule has 2 atom stereocenters. The lowest BCUT2D eigenvalue weighted by Crippen LogP contribution is -2.43. The van der Waals surface area contributed by atoms with Crippen LogP contribution >= 0.6 is 0 Å². The Morgan fingerprint density at radius 3 is 3.00 bits per heavy atom. The average molecular weight is 250 g/mol. The van der Waals surface area contributed by atoms with Crippen molar-refractivity contribution in [3.63, 3.8) is 0 Å². The summed E-state index contributed by atoms with van der Waals surface area (Å²) in [5.41, 5.74) is 6.16. The Bertz CT molecular complexity index is 401. The molecule has 1 aliphatic carbocycles. The largest absolute Gasteiger partial charge is 0.396 e. The van der Waals surface area contributed by atoms with Crippen LogP contribution in [0.3, 0.4) is 0 Å². The quantitative estimate of drug-likeness (QED) is 0.851. The van der Waals surface area contributed by atoms with E-state index in [1.165, 1.54) is 19.3 Å². The molecular weight excluding hydrogens is 228 g/mol. The molecular formula is C13H22N4O. The maximum Gasteiger partial charge on any atom is 0.241 e. The maximum atomic E-state index is 11.9. The zero-order valence-electron chi connectivity index (χ0n) is 10.9. The van der Waals surface area contributed by atoms with Gasteiger partial charge in [0.1, 0.15) is 6.54 Å². The minimum atomic E-state index is 0.0310. The van der Waals surface area contributed by atoms with Crippen LogP contribution in [0.1, 0.15) is 39.0 Å². The van der Waals surface area contributed by atoms with Crippen molar-refractivity contribution in [3.8, 4) is 0 Å². The fraction of sp³-hybridized carbons (Fsp3) is 0.692. The molecule has 1 saturated carbocycles. The smallest absolute Gasteiger partial charge is 0.241 e. The summed E-state index contributed by atoms with van der Waals surface area (Å²) >= 11 is 0. The Balaban J connectivity index is 1.86. The molecule has 5 heteroatoms. The van der Waals surface area contributed by atoms with Crippen molar-refractivity contribution in [1.82, 2.24) is 15.1 Å². The van der Waals surface area contributed by atoms with Crippen LogP contribution in [0, 0.1) is 5.92 Å². The van der Waals surface area contributed by atoms with E-state index in [0.29, 0.717) is 17.6 Å². The number of nitrogens with one attached hydrogen (secondary N) is 1. The Morgan fingerprint density at radius 2 is 2.33 bits per heavy atom. The summed E-state index contributed by atoms with van der Waals surface area (Å²) in [7, 11) is 0. The summed E-state index contributed by atoms with van der Waals surface area (Å²) in [6.07, 6.45) is 9.22. The zero-order chi connectivity index (χ0) is 13.0. The number of carbonyl (C=O) groups excluding carboxylic acids is 1. The predicted octanol–water partition coefficient (Wildman–Crippen LogP) is 1.55. The number of anilines is 1. The van der Waals surface area contributed by atoms with E-state index in [1.54, 1.807) is 17.1 Å². The normalized spacial score (nSPS) is 23.8. The van der Waals surface area contributed by atoms with Crippen LogP contribution < -0.4 is 11.1 Å². The Kier molecular flexibility index (Phi) is 4.23. The van der Waals surface area contributed by atoms with Gasteiger partial charge in [0.15, 0.2) is 0 Å². The first-order valence-electron chi connectivity index (χ1n) is 6.76. The van der Waals surface area contributed by atoms with E-state index in [1.807, 2.05) is 0 Å². The van der Waals surface area contributed by atoms with Gasteiger partial charge in [0.05, 0.1) is 11.9 Å². The SMILES string of the molecule is CCC1CCCCC1NC(=O)Cn1cc(N)cn1. The summed E-state index contributed by atoms with van der Waals surface area (Å²) in [6.45, 7) is 2.45. The van der Waals surface area contributed by atoms with Crippen LogP contribution in [-0.2, 0) is 11.3 Å². The van der Waals surface area contributed by atoms with Crippen LogP contribution in [0.5, 0.6) is 0 Å². The number of nitrogens with two attached hydrogens (primary N) is 1. The lowest BCUT2D eigenvalue weighted by molar-refractivity contribution is -0.123. The van der Waals surface area contributed by atoms with E-state index in [4.69, 9.17) is 5.73 Å². The molecule has 0 saturated heterocycles. The van der Waals surface area contributed by atoms with Gasteiger partial charge in [0.25, 0.3) is 0 Å². The third-order valence-electron chi connectivity index (χ3n) is 3.74. The van der Waals surface area contributed by atoms with E-state index < -0.39 is 0 Å². The highest BCUT2D eigenvalue weighted by Gasteiger charge is 2.24.